The molecule has 0 aliphatic heterocycles. The van der Waals surface area contributed by atoms with E-state index in [9.17, 15) is 4.39 Å². The summed E-state index contributed by atoms with van der Waals surface area (Å²) in [6, 6.07) is 11.6. The molecule has 0 unspecified atom stereocenters. The van der Waals surface area contributed by atoms with Crippen molar-refractivity contribution in [1.29, 1.82) is 0 Å². The molecular formula is C26H20FN5. The highest BCUT2D eigenvalue weighted by Crippen LogP contribution is 2.32. The van der Waals surface area contributed by atoms with E-state index in [4.69, 9.17) is 9.97 Å². The quantitative estimate of drug-likeness (QED) is 0.375. The van der Waals surface area contributed by atoms with Gasteiger partial charge in [-0.25, -0.2) is 19.3 Å². The van der Waals surface area contributed by atoms with Gasteiger partial charge in [0, 0.05) is 52.6 Å². The third-order valence-electron chi connectivity index (χ3n) is 6.04. The van der Waals surface area contributed by atoms with Crippen LogP contribution in [0.4, 0.5) is 4.39 Å². The molecule has 1 aliphatic rings. The third-order valence-corrected chi connectivity index (χ3v) is 6.04. The number of aryl methyl sites for hydroxylation is 2. The zero-order valence-electron chi connectivity index (χ0n) is 17.6. The van der Waals surface area contributed by atoms with E-state index in [0.717, 1.165) is 63.8 Å². The molecule has 4 aromatic heterocycles. The summed E-state index contributed by atoms with van der Waals surface area (Å²) in [5.74, 6) is 0.368. The number of fused-ring (bicyclic) bond motifs is 3. The second kappa shape index (κ2) is 7.34. The van der Waals surface area contributed by atoms with Gasteiger partial charge in [0.25, 0.3) is 0 Å². The highest BCUT2D eigenvalue weighted by Gasteiger charge is 2.19. The summed E-state index contributed by atoms with van der Waals surface area (Å²) in [4.78, 5) is 18.2. The van der Waals surface area contributed by atoms with Crippen molar-refractivity contribution in [1.82, 2.24) is 24.3 Å². The lowest BCUT2D eigenvalue weighted by Gasteiger charge is -2.13. The van der Waals surface area contributed by atoms with Crippen LogP contribution < -0.4 is 0 Å². The van der Waals surface area contributed by atoms with Crippen LogP contribution in [-0.4, -0.2) is 24.3 Å². The first-order valence-corrected chi connectivity index (χ1v) is 10.7. The normalized spacial score (nSPS) is 13.8. The maximum Gasteiger partial charge on any atom is 0.173 e. The van der Waals surface area contributed by atoms with Crippen LogP contribution in [0.2, 0.25) is 0 Å². The number of pyridine rings is 2. The van der Waals surface area contributed by atoms with Crippen molar-refractivity contribution in [3.63, 3.8) is 0 Å². The number of halogens is 1. The summed E-state index contributed by atoms with van der Waals surface area (Å²) in [7, 11) is 0. The fourth-order valence-electron chi connectivity index (χ4n) is 4.40. The van der Waals surface area contributed by atoms with Crippen molar-refractivity contribution in [2.45, 2.75) is 26.2 Å². The number of allylic oxidation sites excluding steroid dienone is 1. The molecule has 6 rings (SSSR count). The standard InChI is InChI=1S/C26H20FN5/c1-16-13-30-26-22(27)12-19(15-32(16)26)20-6-2-3-7-24-21(20)14-29-25(31-24)18-8-9-23-17(11-18)5-4-10-28-23/h4-6,8-15H,2-3,7H2,1H3. The van der Waals surface area contributed by atoms with Gasteiger partial charge in [-0.05, 0) is 62.1 Å². The Bertz CT molecular complexity index is 1530. The molecule has 0 N–H and O–H groups in total. The van der Waals surface area contributed by atoms with E-state index in [1.807, 2.05) is 43.6 Å². The molecule has 0 fully saturated rings. The summed E-state index contributed by atoms with van der Waals surface area (Å²) in [6.07, 6.45) is 12.2. The molecule has 0 spiro atoms. The Morgan fingerprint density at radius 3 is 2.88 bits per heavy atom. The molecule has 156 valence electrons. The minimum absolute atomic E-state index is 0.329. The van der Waals surface area contributed by atoms with Crippen molar-refractivity contribution < 1.29 is 4.39 Å². The first-order chi connectivity index (χ1) is 15.7. The number of aromatic nitrogens is 5. The first-order valence-electron chi connectivity index (χ1n) is 10.7. The lowest BCUT2D eigenvalue weighted by molar-refractivity contribution is 0.629. The number of hydrogen-bond donors (Lipinski definition) is 0. The van der Waals surface area contributed by atoms with Gasteiger partial charge < -0.3 is 4.40 Å². The van der Waals surface area contributed by atoms with Gasteiger partial charge in [-0.2, -0.15) is 0 Å². The van der Waals surface area contributed by atoms with Crippen LogP contribution in [0.3, 0.4) is 0 Å². The van der Waals surface area contributed by atoms with Crippen LogP contribution in [0, 0.1) is 12.7 Å². The SMILES string of the molecule is Cc1cnc2c(F)cc(C3=CCCCc4nc(-c5ccc6ncccc6c5)ncc43)cn12. The second-order valence-electron chi connectivity index (χ2n) is 8.14. The van der Waals surface area contributed by atoms with Crippen LogP contribution in [0.5, 0.6) is 0 Å². The monoisotopic (exact) mass is 421 g/mol. The second-order valence-corrected chi connectivity index (χ2v) is 8.14. The highest BCUT2D eigenvalue weighted by molar-refractivity contribution is 5.84. The van der Waals surface area contributed by atoms with Crippen LogP contribution in [0.1, 0.15) is 35.4 Å². The molecule has 0 saturated carbocycles. The molecule has 4 heterocycles. The molecular weight excluding hydrogens is 401 g/mol. The number of nitrogens with zero attached hydrogens (tertiary/aromatic N) is 5. The van der Waals surface area contributed by atoms with Gasteiger partial charge in [0.05, 0.1) is 11.2 Å². The smallest absolute Gasteiger partial charge is 0.173 e. The Kier molecular flexibility index (Phi) is 4.31. The minimum Gasteiger partial charge on any atom is -0.301 e. The number of imidazole rings is 1. The van der Waals surface area contributed by atoms with Gasteiger partial charge in [-0.1, -0.05) is 12.1 Å². The van der Waals surface area contributed by atoms with Crippen LogP contribution >= 0.6 is 0 Å². The molecule has 0 amide bonds. The molecule has 1 aromatic carbocycles. The van der Waals surface area contributed by atoms with Crippen molar-refractivity contribution in [2.24, 2.45) is 0 Å². The van der Waals surface area contributed by atoms with E-state index in [1.54, 1.807) is 22.9 Å². The maximum atomic E-state index is 14.8. The average Bonchev–Trinajstić information content (AvgIpc) is 3.07. The Morgan fingerprint density at radius 1 is 1.00 bits per heavy atom. The van der Waals surface area contributed by atoms with Crippen LogP contribution in [0.25, 0.3) is 33.5 Å². The predicted molar refractivity (Wildman–Crippen MR) is 123 cm³/mol. The maximum absolute atomic E-state index is 14.8. The largest absolute Gasteiger partial charge is 0.301 e. The van der Waals surface area contributed by atoms with Gasteiger partial charge >= 0.3 is 0 Å². The Labute approximate surface area is 184 Å². The van der Waals surface area contributed by atoms with Crippen molar-refractivity contribution in [2.75, 3.05) is 0 Å². The highest BCUT2D eigenvalue weighted by atomic mass is 19.1. The fraction of sp³-hybridized carbons (Fsp3) is 0.154. The van der Waals surface area contributed by atoms with E-state index in [0.29, 0.717) is 11.5 Å². The summed E-state index contributed by atoms with van der Waals surface area (Å²) in [5, 5.41) is 1.06. The Balaban J connectivity index is 1.46. The zero-order valence-corrected chi connectivity index (χ0v) is 17.6. The molecule has 1 aliphatic carbocycles. The predicted octanol–water partition coefficient (Wildman–Crippen LogP) is 5.56. The molecule has 5 nitrogen and oxygen atoms in total. The number of benzene rings is 1. The lowest BCUT2D eigenvalue weighted by Crippen LogP contribution is -2.03. The van der Waals surface area contributed by atoms with Gasteiger partial charge in [-0.3, -0.25) is 4.98 Å². The molecule has 0 atom stereocenters. The molecule has 5 aromatic rings. The van der Waals surface area contributed by atoms with E-state index in [1.165, 1.54) is 0 Å². The van der Waals surface area contributed by atoms with Gasteiger partial charge in [0.15, 0.2) is 17.3 Å². The summed E-state index contributed by atoms with van der Waals surface area (Å²) < 4.78 is 16.6. The molecule has 6 heteroatoms. The van der Waals surface area contributed by atoms with Crippen LogP contribution in [-0.2, 0) is 6.42 Å². The van der Waals surface area contributed by atoms with Crippen LogP contribution in [0.15, 0.2) is 67.3 Å². The Morgan fingerprint density at radius 2 is 1.94 bits per heavy atom. The van der Waals surface area contributed by atoms with Gasteiger partial charge in [0.1, 0.15) is 0 Å². The number of rotatable bonds is 2. The summed E-state index contributed by atoms with van der Waals surface area (Å²) in [5.41, 5.74) is 6.89. The zero-order chi connectivity index (χ0) is 21.7. The average molecular weight is 421 g/mol. The lowest BCUT2D eigenvalue weighted by atomic mass is 9.99. The minimum atomic E-state index is -0.329. The van der Waals surface area contributed by atoms with E-state index < -0.39 is 0 Å². The summed E-state index contributed by atoms with van der Waals surface area (Å²) in [6.45, 7) is 1.92. The molecule has 0 bridgehead atoms. The molecule has 0 saturated heterocycles. The first kappa shape index (κ1) is 18.8. The van der Waals surface area contributed by atoms with Gasteiger partial charge in [0.2, 0.25) is 0 Å². The van der Waals surface area contributed by atoms with E-state index >= 15 is 0 Å². The molecule has 32 heavy (non-hydrogen) atoms. The van der Waals surface area contributed by atoms with Crippen molar-refractivity contribution in [3.8, 4) is 11.4 Å². The Hall–Kier alpha value is -3.93. The van der Waals surface area contributed by atoms with E-state index in [-0.39, 0.29) is 5.82 Å². The van der Waals surface area contributed by atoms with E-state index in [2.05, 4.69) is 22.1 Å². The van der Waals surface area contributed by atoms with Crippen molar-refractivity contribution >= 4 is 22.1 Å². The van der Waals surface area contributed by atoms with Gasteiger partial charge in [-0.15, -0.1) is 0 Å². The number of hydrogen-bond acceptors (Lipinski definition) is 4. The van der Waals surface area contributed by atoms with Crippen molar-refractivity contribution in [3.05, 3.63) is 95.6 Å². The topological polar surface area (TPSA) is 56.0 Å². The molecule has 0 radical (unpaired) electrons. The third kappa shape index (κ3) is 3.07. The summed E-state index contributed by atoms with van der Waals surface area (Å²) >= 11 is 0. The fourth-order valence-corrected chi connectivity index (χ4v) is 4.40.